The number of hydrogen-bond acceptors (Lipinski definition) is 6. The van der Waals surface area contributed by atoms with Crippen molar-refractivity contribution in [1.82, 2.24) is 19.5 Å². The van der Waals surface area contributed by atoms with Gasteiger partial charge in [0, 0.05) is 6.42 Å². The highest BCUT2D eigenvalue weighted by molar-refractivity contribution is 5.68. The van der Waals surface area contributed by atoms with Gasteiger partial charge in [0.15, 0.2) is 5.65 Å². The van der Waals surface area contributed by atoms with E-state index in [1.165, 1.54) is 6.33 Å². The molecule has 3 rings (SSSR count). The molecule has 1 aliphatic rings. The fraction of sp³-hybridized carbons (Fsp3) is 0.500. The van der Waals surface area contributed by atoms with Gasteiger partial charge in [0.25, 0.3) is 5.56 Å². The highest BCUT2D eigenvalue weighted by Crippen LogP contribution is 2.28. The smallest absolute Gasteiger partial charge is 0.332 e. The molecule has 9 nitrogen and oxygen atoms in total. The fourth-order valence-corrected chi connectivity index (χ4v) is 2.26. The van der Waals surface area contributed by atoms with Gasteiger partial charge in [-0.2, -0.15) is 0 Å². The van der Waals surface area contributed by atoms with E-state index < -0.39 is 29.7 Å². The third kappa shape index (κ3) is 1.79. The average Bonchev–Trinajstić information content (AvgIpc) is 2.96. The van der Waals surface area contributed by atoms with Gasteiger partial charge in [0.2, 0.25) is 0 Å². The standard InChI is InChI=1S/C10H12N4O5/c15-2-5-4(16)1-6(19-5)14-8-7(11-3-12-8)9(17)13-10(14)18/h3-6,15-16H,1-2H2,(H,11,12)(H,13,17,18)/t4-,5+,6+/m0/s1. The van der Waals surface area contributed by atoms with Crippen LogP contribution in [-0.2, 0) is 4.74 Å². The lowest BCUT2D eigenvalue weighted by Crippen LogP contribution is -2.33. The number of nitrogens with one attached hydrogen (secondary N) is 2. The molecule has 3 atom stereocenters. The molecule has 0 bridgehead atoms. The number of aliphatic hydroxyl groups is 2. The van der Waals surface area contributed by atoms with Gasteiger partial charge >= 0.3 is 5.69 Å². The van der Waals surface area contributed by atoms with Crippen LogP contribution in [0, 0.1) is 0 Å². The quantitative estimate of drug-likeness (QED) is 0.500. The van der Waals surface area contributed by atoms with E-state index in [4.69, 9.17) is 9.84 Å². The van der Waals surface area contributed by atoms with Crippen molar-refractivity contribution in [2.45, 2.75) is 24.9 Å². The van der Waals surface area contributed by atoms with Crippen LogP contribution in [0.1, 0.15) is 12.6 Å². The monoisotopic (exact) mass is 268 g/mol. The molecule has 0 aliphatic carbocycles. The van der Waals surface area contributed by atoms with Crippen molar-refractivity contribution in [3.63, 3.8) is 0 Å². The predicted octanol–water partition coefficient (Wildman–Crippen LogP) is -1.95. The van der Waals surface area contributed by atoms with Crippen LogP contribution in [0.3, 0.4) is 0 Å². The lowest BCUT2D eigenvalue weighted by molar-refractivity contribution is -0.0445. The van der Waals surface area contributed by atoms with Crippen molar-refractivity contribution in [2.24, 2.45) is 0 Å². The van der Waals surface area contributed by atoms with Crippen molar-refractivity contribution >= 4 is 11.2 Å². The third-order valence-corrected chi connectivity index (χ3v) is 3.19. The number of hydrogen-bond donors (Lipinski definition) is 4. The molecule has 2 aromatic rings. The normalized spacial score (nSPS) is 27.2. The number of aliphatic hydroxyl groups excluding tert-OH is 2. The minimum atomic E-state index is -0.872. The Labute approximate surface area is 105 Å². The second-order valence-electron chi connectivity index (χ2n) is 4.35. The van der Waals surface area contributed by atoms with Crippen molar-refractivity contribution in [1.29, 1.82) is 0 Å². The van der Waals surface area contributed by atoms with Crippen molar-refractivity contribution in [3.8, 4) is 0 Å². The van der Waals surface area contributed by atoms with E-state index in [1.807, 2.05) is 0 Å². The average molecular weight is 268 g/mol. The van der Waals surface area contributed by atoms with Gasteiger partial charge in [0.05, 0.1) is 19.0 Å². The molecule has 1 aliphatic heterocycles. The number of nitrogens with zero attached hydrogens (tertiary/aromatic N) is 2. The molecule has 19 heavy (non-hydrogen) atoms. The van der Waals surface area contributed by atoms with Crippen molar-refractivity contribution < 1.29 is 14.9 Å². The first-order chi connectivity index (χ1) is 9.11. The van der Waals surface area contributed by atoms with E-state index >= 15 is 0 Å². The summed E-state index contributed by atoms with van der Waals surface area (Å²) in [5, 5.41) is 18.7. The molecule has 0 saturated carbocycles. The van der Waals surface area contributed by atoms with Gasteiger partial charge < -0.3 is 19.9 Å². The first kappa shape index (κ1) is 12.1. The van der Waals surface area contributed by atoms with Crippen LogP contribution in [0.2, 0.25) is 0 Å². The Balaban J connectivity index is 2.14. The number of aromatic nitrogens is 4. The number of imidazole rings is 1. The zero-order valence-electron chi connectivity index (χ0n) is 9.74. The van der Waals surface area contributed by atoms with E-state index in [9.17, 15) is 14.7 Å². The number of rotatable bonds is 2. The Hall–Kier alpha value is -1.97. The van der Waals surface area contributed by atoms with Gasteiger partial charge in [0.1, 0.15) is 17.8 Å². The summed E-state index contributed by atoms with van der Waals surface area (Å²) in [6.45, 7) is -0.348. The number of aromatic amines is 2. The van der Waals surface area contributed by atoms with Crippen LogP contribution in [0.25, 0.3) is 11.2 Å². The minimum Gasteiger partial charge on any atom is -0.394 e. The molecule has 0 aromatic carbocycles. The highest BCUT2D eigenvalue weighted by Gasteiger charge is 2.36. The molecule has 2 aromatic heterocycles. The van der Waals surface area contributed by atoms with Gasteiger partial charge in [-0.1, -0.05) is 0 Å². The third-order valence-electron chi connectivity index (χ3n) is 3.19. The Kier molecular flexibility index (Phi) is 2.73. The molecular formula is C10H12N4O5. The summed E-state index contributed by atoms with van der Waals surface area (Å²) in [5.41, 5.74) is -0.916. The van der Waals surface area contributed by atoms with Crippen LogP contribution in [0.4, 0.5) is 0 Å². The summed E-state index contributed by atoms with van der Waals surface area (Å²) in [7, 11) is 0. The maximum Gasteiger partial charge on any atom is 0.332 e. The molecule has 3 heterocycles. The van der Waals surface area contributed by atoms with Gasteiger partial charge in [-0.15, -0.1) is 0 Å². The first-order valence-corrected chi connectivity index (χ1v) is 5.74. The van der Waals surface area contributed by atoms with E-state index in [1.54, 1.807) is 0 Å². The van der Waals surface area contributed by atoms with Gasteiger partial charge in [-0.3, -0.25) is 9.78 Å². The number of ether oxygens (including phenoxy) is 1. The molecule has 0 amide bonds. The largest absolute Gasteiger partial charge is 0.394 e. The van der Waals surface area contributed by atoms with Crippen molar-refractivity contribution in [2.75, 3.05) is 6.61 Å². The molecule has 1 fully saturated rings. The van der Waals surface area contributed by atoms with Crippen LogP contribution < -0.4 is 11.2 Å². The SMILES string of the molecule is O=c1[nH]c(=O)n([C@H]2C[C@H](O)[C@@H](CO)O2)c2nc[nH]c12. The van der Waals surface area contributed by atoms with Crippen LogP contribution in [0.5, 0.6) is 0 Å². The van der Waals surface area contributed by atoms with E-state index in [2.05, 4.69) is 15.0 Å². The Morgan fingerprint density at radius 2 is 2.32 bits per heavy atom. The molecule has 0 radical (unpaired) electrons. The number of fused-ring (bicyclic) bond motifs is 1. The van der Waals surface area contributed by atoms with Crippen LogP contribution in [-0.4, -0.2) is 48.5 Å². The molecule has 4 N–H and O–H groups in total. The molecule has 0 unspecified atom stereocenters. The fourth-order valence-electron chi connectivity index (χ4n) is 2.26. The number of H-pyrrole nitrogens is 2. The highest BCUT2D eigenvalue weighted by atomic mass is 16.5. The topological polar surface area (TPSA) is 133 Å². The van der Waals surface area contributed by atoms with E-state index in [0.29, 0.717) is 0 Å². The molecular weight excluding hydrogens is 256 g/mol. The van der Waals surface area contributed by atoms with Crippen LogP contribution >= 0.6 is 0 Å². The Bertz CT molecular complexity index is 717. The first-order valence-electron chi connectivity index (χ1n) is 5.74. The maximum absolute atomic E-state index is 11.9. The summed E-state index contributed by atoms with van der Waals surface area (Å²) in [4.78, 5) is 32.1. The molecule has 1 saturated heterocycles. The summed E-state index contributed by atoms with van der Waals surface area (Å²) in [5.74, 6) is 0. The summed E-state index contributed by atoms with van der Waals surface area (Å²) < 4.78 is 6.55. The van der Waals surface area contributed by atoms with Gasteiger partial charge in [-0.05, 0) is 0 Å². The lowest BCUT2D eigenvalue weighted by atomic mass is 10.2. The van der Waals surface area contributed by atoms with E-state index in [-0.39, 0.29) is 24.2 Å². The van der Waals surface area contributed by atoms with Gasteiger partial charge in [-0.25, -0.2) is 14.3 Å². The summed E-state index contributed by atoms with van der Waals surface area (Å²) in [6.07, 6.45) is -0.966. The molecule has 9 heteroatoms. The van der Waals surface area contributed by atoms with Crippen molar-refractivity contribution in [3.05, 3.63) is 27.2 Å². The molecule has 0 spiro atoms. The minimum absolute atomic E-state index is 0.138. The summed E-state index contributed by atoms with van der Waals surface area (Å²) >= 11 is 0. The Morgan fingerprint density at radius 1 is 1.53 bits per heavy atom. The van der Waals surface area contributed by atoms with E-state index in [0.717, 1.165) is 4.57 Å². The van der Waals surface area contributed by atoms with Crippen LogP contribution in [0.15, 0.2) is 15.9 Å². The summed E-state index contributed by atoms with van der Waals surface area (Å²) in [6, 6.07) is 0. The predicted molar refractivity (Wildman–Crippen MR) is 62.6 cm³/mol. The Morgan fingerprint density at radius 3 is 3.00 bits per heavy atom. The lowest BCUT2D eigenvalue weighted by Gasteiger charge is -2.14. The zero-order valence-corrected chi connectivity index (χ0v) is 9.74. The second-order valence-corrected chi connectivity index (χ2v) is 4.35. The second kappa shape index (κ2) is 4.30. The molecule has 102 valence electrons. The maximum atomic E-state index is 11.9. The zero-order chi connectivity index (χ0) is 13.6.